The number of hydrogen-bond acceptors (Lipinski definition) is 3. The van der Waals surface area contributed by atoms with Crippen LogP contribution in [0.5, 0.6) is 0 Å². The van der Waals surface area contributed by atoms with Gasteiger partial charge in [-0.25, -0.2) is 0 Å². The molecular formula is C15H23F3N2O. The minimum absolute atomic E-state index is 0.450. The summed E-state index contributed by atoms with van der Waals surface area (Å²) >= 11 is 0. The summed E-state index contributed by atoms with van der Waals surface area (Å²) in [5.41, 5.74) is 5.88. The maximum atomic E-state index is 12.7. The van der Waals surface area contributed by atoms with Gasteiger partial charge in [0.2, 0.25) is 0 Å². The van der Waals surface area contributed by atoms with Crippen LogP contribution in [0.4, 0.5) is 13.2 Å². The average Bonchev–Trinajstić information content (AvgIpc) is 2.45. The van der Waals surface area contributed by atoms with E-state index in [-0.39, 0.29) is 0 Å². The topological polar surface area (TPSA) is 38.5 Å². The van der Waals surface area contributed by atoms with E-state index in [1.54, 1.807) is 6.07 Å². The predicted molar refractivity (Wildman–Crippen MR) is 77.0 cm³/mol. The van der Waals surface area contributed by atoms with Gasteiger partial charge in [0.25, 0.3) is 0 Å². The van der Waals surface area contributed by atoms with Gasteiger partial charge in [0.05, 0.1) is 12.2 Å². The van der Waals surface area contributed by atoms with Gasteiger partial charge in [-0.05, 0) is 31.2 Å². The lowest BCUT2D eigenvalue weighted by Gasteiger charge is -2.24. The van der Waals surface area contributed by atoms with Crippen molar-refractivity contribution < 1.29 is 17.9 Å². The van der Waals surface area contributed by atoms with Crippen LogP contribution in [-0.2, 0) is 10.9 Å². The molecule has 1 rings (SSSR count). The van der Waals surface area contributed by atoms with Crippen molar-refractivity contribution in [2.45, 2.75) is 26.1 Å². The second-order valence-corrected chi connectivity index (χ2v) is 4.82. The van der Waals surface area contributed by atoms with E-state index in [9.17, 15) is 13.2 Å². The van der Waals surface area contributed by atoms with Crippen molar-refractivity contribution >= 4 is 0 Å². The highest BCUT2D eigenvalue weighted by Gasteiger charge is 2.30. The zero-order valence-electron chi connectivity index (χ0n) is 12.5. The number of nitrogens with two attached hydrogens (primary N) is 1. The molecule has 0 aliphatic heterocycles. The lowest BCUT2D eigenvalue weighted by molar-refractivity contribution is -0.137. The van der Waals surface area contributed by atoms with Gasteiger partial charge in [-0.15, -0.1) is 0 Å². The number of hydrogen-bond donors (Lipinski definition) is 1. The summed E-state index contributed by atoms with van der Waals surface area (Å²) < 4.78 is 43.4. The highest BCUT2D eigenvalue weighted by Crippen LogP contribution is 2.30. The van der Waals surface area contributed by atoms with Crippen molar-refractivity contribution in [2.75, 3.05) is 32.8 Å². The van der Waals surface area contributed by atoms with Crippen LogP contribution in [0, 0.1) is 0 Å². The molecule has 0 heterocycles. The molecule has 0 saturated carbocycles. The summed E-state index contributed by atoms with van der Waals surface area (Å²) in [5, 5.41) is 0. The molecule has 1 aromatic carbocycles. The third-order valence-electron chi connectivity index (χ3n) is 3.30. The first-order valence-corrected chi connectivity index (χ1v) is 7.11. The first kappa shape index (κ1) is 17.9. The predicted octanol–water partition coefficient (Wildman–Crippen LogP) is 3.06. The van der Waals surface area contributed by atoms with Crippen molar-refractivity contribution in [3.05, 3.63) is 35.4 Å². The van der Waals surface area contributed by atoms with E-state index in [0.717, 1.165) is 25.2 Å². The normalized spacial score (nSPS) is 13.7. The molecule has 1 unspecified atom stereocenters. The van der Waals surface area contributed by atoms with Crippen LogP contribution in [0.2, 0.25) is 0 Å². The van der Waals surface area contributed by atoms with Gasteiger partial charge in [-0.2, -0.15) is 13.2 Å². The molecule has 21 heavy (non-hydrogen) atoms. The maximum Gasteiger partial charge on any atom is 0.416 e. The van der Waals surface area contributed by atoms with Crippen LogP contribution >= 0.6 is 0 Å². The largest absolute Gasteiger partial charge is 0.416 e. The van der Waals surface area contributed by atoms with Crippen molar-refractivity contribution in [1.29, 1.82) is 0 Å². The van der Waals surface area contributed by atoms with Gasteiger partial charge in [-0.3, -0.25) is 4.90 Å². The minimum atomic E-state index is -4.34. The molecule has 0 bridgehead atoms. The van der Waals surface area contributed by atoms with Gasteiger partial charge in [-0.1, -0.05) is 19.1 Å². The zero-order valence-corrected chi connectivity index (χ0v) is 12.5. The van der Waals surface area contributed by atoms with E-state index in [2.05, 4.69) is 4.90 Å². The van der Waals surface area contributed by atoms with E-state index in [0.29, 0.717) is 25.3 Å². The Morgan fingerprint density at radius 1 is 1.29 bits per heavy atom. The third-order valence-corrected chi connectivity index (χ3v) is 3.30. The molecule has 120 valence electrons. The van der Waals surface area contributed by atoms with E-state index in [1.807, 2.05) is 13.8 Å². The van der Waals surface area contributed by atoms with Crippen LogP contribution in [0.1, 0.15) is 31.0 Å². The summed E-state index contributed by atoms with van der Waals surface area (Å²) in [6, 6.07) is 4.77. The molecule has 1 atom stereocenters. The van der Waals surface area contributed by atoms with Gasteiger partial charge < -0.3 is 10.5 Å². The fourth-order valence-electron chi connectivity index (χ4n) is 2.05. The highest BCUT2D eigenvalue weighted by molar-refractivity contribution is 5.28. The lowest BCUT2D eigenvalue weighted by atomic mass is 10.0. The molecule has 0 saturated heterocycles. The standard InChI is InChI=1S/C15H23F3N2O/c1-3-20(8-9-21-4-2)11-14(19)12-6-5-7-13(10-12)15(16,17)18/h5-7,10,14H,3-4,8-9,11,19H2,1-2H3. The molecule has 1 aromatic rings. The molecule has 0 spiro atoms. The number of halogens is 3. The van der Waals surface area contributed by atoms with Crippen LogP contribution in [0.3, 0.4) is 0 Å². The fraction of sp³-hybridized carbons (Fsp3) is 0.600. The van der Waals surface area contributed by atoms with Crippen molar-refractivity contribution in [3.63, 3.8) is 0 Å². The number of likely N-dealkylation sites (N-methyl/N-ethyl adjacent to an activating group) is 1. The smallest absolute Gasteiger partial charge is 0.380 e. The number of alkyl halides is 3. The molecule has 3 nitrogen and oxygen atoms in total. The second-order valence-electron chi connectivity index (χ2n) is 4.82. The first-order chi connectivity index (χ1) is 9.88. The Balaban J connectivity index is 2.67. The minimum Gasteiger partial charge on any atom is -0.380 e. The molecule has 0 fully saturated rings. The monoisotopic (exact) mass is 304 g/mol. The van der Waals surface area contributed by atoms with E-state index in [1.165, 1.54) is 6.07 Å². The van der Waals surface area contributed by atoms with Crippen molar-refractivity contribution in [3.8, 4) is 0 Å². The Hall–Kier alpha value is -1.11. The van der Waals surface area contributed by atoms with E-state index < -0.39 is 17.8 Å². The van der Waals surface area contributed by atoms with Gasteiger partial charge in [0, 0.05) is 25.7 Å². The van der Waals surface area contributed by atoms with Crippen LogP contribution in [-0.4, -0.2) is 37.7 Å². The molecule has 0 aliphatic rings. The van der Waals surface area contributed by atoms with Gasteiger partial charge in [0.15, 0.2) is 0 Å². The Labute approximate surface area is 123 Å². The summed E-state index contributed by atoms with van der Waals surface area (Å²) in [5.74, 6) is 0. The SMILES string of the molecule is CCOCCN(CC)CC(N)c1cccc(C(F)(F)F)c1. The Bertz CT molecular complexity index is 424. The highest BCUT2D eigenvalue weighted by atomic mass is 19.4. The quantitative estimate of drug-likeness (QED) is 0.750. The number of ether oxygens (including phenoxy) is 1. The number of rotatable bonds is 8. The summed E-state index contributed by atoms with van der Waals surface area (Å²) in [7, 11) is 0. The summed E-state index contributed by atoms with van der Waals surface area (Å²) in [6.07, 6.45) is -4.34. The van der Waals surface area contributed by atoms with Crippen LogP contribution in [0.25, 0.3) is 0 Å². The Morgan fingerprint density at radius 2 is 2.00 bits per heavy atom. The maximum absolute atomic E-state index is 12.7. The van der Waals surface area contributed by atoms with Crippen molar-refractivity contribution in [1.82, 2.24) is 4.90 Å². The molecule has 0 aliphatic carbocycles. The van der Waals surface area contributed by atoms with Crippen LogP contribution in [0.15, 0.2) is 24.3 Å². The molecule has 0 amide bonds. The van der Waals surface area contributed by atoms with Gasteiger partial charge >= 0.3 is 6.18 Å². The van der Waals surface area contributed by atoms with E-state index >= 15 is 0 Å². The third kappa shape index (κ3) is 6.03. The summed E-state index contributed by atoms with van der Waals surface area (Å²) in [4.78, 5) is 2.07. The molecule has 6 heteroatoms. The number of benzene rings is 1. The van der Waals surface area contributed by atoms with E-state index in [4.69, 9.17) is 10.5 Å². The Kier molecular flexibility index (Phi) is 7.14. The van der Waals surface area contributed by atoms with Crippen molar-refractivity contribution in [2.24, 2.45) is 5.73 Å². The fourth-order valence-corrected chi connectivity index (χ4v) is 2.05. The van der Waals surface area contributed by atoms with Crippen LogP contribution < -0.4 is 5.73 Å². The Morgan fingerprint density at radius 3 is 2.57 bits per heavy atom. The molecular weight excluding hydrogens is 281 g/mol. The second kappa shape index (κ2) is 8.36. The summed E-state index contributed by atoms with van der Waals surface area (Å²) in [6.45, 7) is 7.16. The molecule has 0 radical (unpaired) electrons. The molecule has 0 aromatic heterocycles. The first-order valence-electron chi connectivity index (χ1n) is 7.11. The molecule has 2 N–H and O–H groups in total. The van der Waals surface area contributed by atoms with Gasteiger partial charge in [0.1, 0.15) is 0 Å². The number of nitrogens with zero attached hydrogens (tertiary/aromatic N) is 1. The lowest BCUT2D eigenvalue weighted by Crippen LogP contribution is -2.34. The zero-order chi connectivity index (χ0) is 15.9. The average molecular weight is 304 g/mol.